The van der Waals surface area contributed by atoms with Crippen LogP contribution >= 0.6 is 11.6 Å². The summed E-state index contributed by atoms with van der Waals surface area (Å²) in [7, 11) is 2.09. The largest absolute Gasteiger partial charge is 0.313 e. The van der Waals surface area contributed by atoms with Gasteiger partial charge in [-0.05, 0) is 55.3 Å². The Morgan fingerprint density at radius 2 is 1.95 bits per heavy atom. The van der Waals surface area contributed by atoms with E-state index < -0.39 is 0 Å². The van der Waals surface area contributed by atoms with E-state index in [0.717, 1.165) is 10.9 Å². The Morgan fingerprint density at radius 1 is 1.26 bits per heavy atom. The van der Waals surface area contributed by atoms with Gasteiger partial charge in [-0.15, -0.1) is 0 Å². The van der Waals surface area contributed by atoms with Crippen LogP contribution in [0.2, 0.25) is 5.02 Å². The molecule has 0 amide bonds. The third-order valence-corrected chi connectivity index (χ3v) is 4.73. The maximum Gasteiger partial charge on any atom is 0.0409 e. The van der Waals surface area contributed by atoms with Gasteiger partial charge in [0.05, 0.1) is 0 Å². The summed E-state index contributed by atoms with van der Waals surface area (Å²) in [5, 5.41) is 4.42. The summed E-state index contributed by atoms with van der Waals surface area (Å²) in [6.45, 7) is 4.68. The fraction of sp³-hybridized carbons (Fsp3) is 0.647. The van der Waals surface area contributed by atoms with Crippen molar-refractivity contribution in [1.82, 2.24) is 5.32 Å². The molecule has 1 nitrogen and oxygen atoms in total. The Morgan fingerprint density at radius 3 is 2.47 bits per heavy atom. The Kier molecular flexibility index (Phi) is 4.92. The van der Waals surface area contributed by atoms with Crippen molar-refractivity contribution >= 4 is 11.6 Å². The van der Waals surface area contributed by atoms with Crippen molar-refractivity contribution in [2.75, 3.05) is 7.05 Å². The van der Waals surface area contributed by atoms with Gasteiger partial charge in [-0.3, -0.25) is 0 Å². The molecule has 1 aromatic carbocycles. The molecule has 2 rings (SSSR count). The zero-order valence-corrected chi connectivity index (χ0v) is 13.1. The van der Waals surface area contributed by atoms with Crippen LogP contribution in [0.25, 0.3) is 0 Å². The highest BCUT2D eigenvalue weighted by Crippen LogP contribution is 2.51. The Bertz CT molecular complexity index is 407. The SMILES string of the molecule is CNC(c1cccc(Cl)c1)C1(CC(C)C)CCCC1. The van der Waals surface area contributed by atoms with Crippen LogP contribution in [0.15, 0.2) is 24.3 Å². The quantitative estimate of drug-likeness (QED) is 0.780. The smallest absolute Gasteiger partial charge is 0.0409 e. The second-order valence-corrected chi connectivity index (χ2v) is 6.88. The summed E-state index contributed by atoms with van der Waals surface area (Å²) < 4.78 is 0. The standard InChI is InChI=1S/C17H26ClN/c1-13(2)12-17(9-4-5-10-17)16(19-3)14-7-6-8-15(18)11-14/h6-8,11,13,16,19H,4-5,9-10,12H2,1-3H3. The highest BCUT2D eigenvalue weighted by molar-refractivity contribution is 6.30. The van der Waals surface area contributed by atoms with Crippen molar-refractivity contribution in [2.45, 2.75) is 52.0 Å². The maximum absolute atomic E-state index is 6.18. The molecule has 1 aliphatic carbocycles. The van der Waals surface area contributed by atoms with Gasteiger partial charge in [-0.25, -0.2) is 0 Å². The van der Waals surface area contributed by atoms with E-state index in [2.05, 4.69) is 44.4 Å². The highest BCUT2D eigenvalue weighted by Gasteiger charge is 2.41. The fourth-order valence-electron chi connectivity index (χ4n) is 4.02. The molecule has 1 unspecified atom stereocenters. The third-order valence-electron chi connectivity index (χ3n) is 4.50. The molecule has 1 saturated carbocycles. The Balaban J connectivity index is 2.32. The second kappa shape index (κ2) is 6.28. The summed E-state index contributed by atoms with van der Waals surface area (Å²) in [5.41, 5.74) is 1.76. The van der Waals surface area contributed by atoms with Crippen molar-refractivity contribution in [2.24, 2.45) is 11.3 Å². The molecule has 0 spiro atoms. The van der Waals surface area contributed by atoms with E-state index in [9.17, 15) is 0 Å². The number of halogens is 1. The molecule has 1 aliphatic rings. The minimum Gasteiger partial charge on any atom is -0.313 e. The zero-order chi connectivity index (χ0) is 13.9. The van der Waals surface area contributed by atoms with Crippen LogP contribution in [-0.2, 0) is 0 Å². The van der Waals surface area contributed by atoms with Crippen LogP contribution in [0.3, 0.4) is 0 Å². The van der Waals surface area contributed by atoms with Gasteiger partial charge in [-0.1, -0.05) is 50.4 Å². The minimum absolute atomic E-state index is 0.410. The molecule has 0 aromatic heterocycles. The monoisotopic (exact) mass is 279 g/mol. The summed E-state index contributed by atoms with van der Waals surface area (Å²) >= 11 is 6.18. The molecule has 0 aliphatic heterocycles. The third kappa shape index (κ3) is 3.32. The molecule has 106 valence electrons. The lowest BCUT2D eigenvalue weighted by Gasteiger charge is -2.39. The van der Waals surface area contributed by atoms with Crippen LogP contribution in [0.4, 0.5) is 0 Å². The van der Waals surface area contributed by atoms with Crippen molar-refractivity contribution in [3.8, 4) is 0 Å². The van der Waals surface area contributed by atoms with Crippen molar-refractivity contribution < 1.29 is 0 Å². The van der Waals surface area contributed by atoms with Crippen LogP contribution < -0.4 is 5.32 Å². The summed E-state index contributed by atoms with van der Waals surface area (Å²) in [4.78, 5) is 0. The van der Waals surface area contributed by atoms with Gasteiger partial charge >= 0.3 is 0 Å². The van der Waals surface area contributed by atoms with Gasteiger partial charge < -0.3 is 5.32 Å². The minimum atomic E-state index is 0.410. The highest BCUT2D eigenvalue weighted by atomic mass is 35.5. The normalized spacial score (nSPS) is 19.8. The first kappa shape index (κ1) is 14.9. The summed E-state index contributed by atoms with van der Waals surface area (Å²) in [5.74, 6) is 0.744. The molecule has 1 N–H and O–H groups in total. The van der Waals surface area contributed by atoms with Gasteiger partial charge in [0.15, 0.2) is 0 Å². The van der Waals surface area contributed by atoms with Crippen LogP contribution in [0.1, 0.15) is 57.6 Å². The fourth-order valence-corrected chi connectivity index (χ4v) is 4.21. The van der Waals surface area contributed by atoms with Crippen molar-refractivity contribution in [1.29, 1.82) is 0 Å². The van der Waals surface area contributed by atoms with E-state index in [4.69, 9.17) is 11.6 Å². The number of nitrogens with one attached hydrogen (secondary N) is 1. The molecule has 1 aromatic rings. The lowest BCUT2D eigenvalue weighted by Crippen LogP contribution is -2.35. The zero-order valence-electron chi connectivity index (χ0n) is 12.4. The van der Waals surface area contributed by atoms with Gasteiger partial charge in [-0.2, -0.15) is 0 Å². The molecule has 0 bridgehead atoms. The number of rotatable bonds is 5. The van der Waals surface area contributed by atoms with E-state index in [1.54, 1.807) is 0 Å². The average Bonchev–Trinajstić information content (AvgIpc) is 2.78. The van der Waals surface area contributed by atoms with Crippen molar-refractivity contribution in [3.05, 3.63) is 34.9 Å². The number of hydrogen-bond acceptors (Lipinski definition) is 1. The predicted octanol–water partition coefficient (Wildman–Crippen LogP) is 5.21. The topological polar surface area (TPSA) is 12.0 Å². The van der Waals surface area contributed by atoms with E-state index in [-0.39, 0.29) is 0 Å². The number of hydrogen-bond donors (Lipinski definition) is 1. The van der Waals surface area contributed by atoms with E-state index in [1.807, 2.05) is 6.07 Å². The molecule has 2 heteroatoms. The number of benzene rings is 1. The molecule has 19 heavy (non-hydrogen) atoms. The second-order valence-electron chi connectivity index (χ2n) is 6.44. The lowest BCUT2D eigenvalue weighted by atomic mass is 9.70. The van der Waals surface area contributed by atoms with Gasteiger partial charge in [0, 0.05) is 11.1 Å². The molecular formula is C17H26ClN. The molecular weight excluding hydrogens is 254 g/mol. The van der Waals surface area contributed by atoms with Gasteiger partial charge in [0.1, 0.15) is 0 Å². The molecule has 0 radical (unpaired) electrons. The first-order valence-corrected chi connectivity index (χ1v) is 7.88. The molecule has 0 heterocycles. The van der Waals surface area contributed by atoms with Gasteiger partial charge in [0.25, 0.3) is 0 Å². The van der Waals surface area contributed by atoms with Crippen LogP contribution in [-0.4, -0.2) is 7.05 Å². The summed E-state index contributed by atoms with van der Waals surface area (Å²) in [6.07, 6.45) is 6.70. The molecule has 1 fully saturated rings. The van der Waals surface area contributed by atoms with E-state index >= 15 is 0 Å². The van der Waals surface area contributed by atoms with Gasteiger partial charge in [0.2, 0.25) is 0 Å². The van der Waals surface area contributed by atoms with E-state index in [0.29, 0.717) is 11.5 Å². The first-order valence-electron chi connectivity index (χ1n) is 7.50. The molecule has 0 saturated heterocycles. The first-order chi connectivity index (χ1) is 9.07. The van der Waals surface area contributed by atoms with Crippen LogP contribution in [0, 0.1) is 11.3 Å². The lowest BCUT2D eigenvalue weighted by molar-refractivity contribution is 0.162. The maximum atomic E-state index is 6.18. The van der Waals surface area contributed by atoms with Crippen LogP contribution in [0.5, 0.6) is 0 Å². The predicted molar refractivity (Wildman–Crippen MR) is 83.6 cm³/mol. The average molecular weight is 280 g/mol. The summed E-state index contributed by atoms with van der Waals surface area (Å²) in [6, 6.07) is 8.80. The Labute approximate surface area is 122 Å². The Hall–Kier alpha value is -0.530. The van der Waals surface area contributed by atoms with Crippen molar-refractivity contribution in [3.63, 3.8) is 0 Å². The molecule has 1 atom stereocenters. The van der Waals surface area contributed by atoms with E-state index in [1.165, 1.54) is 37.7 Å².